The summed E-state index contributed by atoms with van der Waals surface area (Å²) < 4.78 is 0. The smallest absolute Gasteiger partial charge is 0.0965 e. The van der Waals surface area contributed by atoms with Crippen molar-refractivity contribution in [3.05, 3.63) is 23.4 Å². The average Bonchev–Trinajstić information content (AvgIpc) is 2.22. The summed E-state index contributed by atoms with van der Waals surface area (Å²) in [7, 11) is 0. The highest BCUT2D eigenvalue weighted by Crippen LogP contribution is 2.19. The van der Waals surface area contributed by atoms with E-state index in [1.54, 1.807) is 0 Å². The number of hydrogen-bond donors (Lipinski definition) is 1. The van der Waals surface area contributed by atoms with Gasteiger partial charge in [0.15, 0.2) is 0 Å². The van der Waals surface area contributed by atoms with Crippen molar-refractivity contribution >= 4 is 11.8 Å². The lowest BCUT2D eigenvalue weighted by molar-refractivity contribution is 0.283. The third-order valence-corrected chi connectivity index (χ3v) is 3.37. The van der Waals surface area contributed by atoms with Gasteiger partial charge in [0.2, 0.25) is 0 Å². The van der Waals surface area contributed by atoms with Gasteiger partial charge in [0.05, 0.1) is 5.03 Å². The second kappa shape index (κ2) is 7.69. The molecule has 1 N–H and O–H groups in total. The number of nitrogens with zero attached hydrogens (tertiary/aromatic N) is 1. The molecule has 0 aliphatic heterocycles. The van der Waals surface area contributed by atoms with E-state index in [9.17, 15) is 0 Å². The van der Waals surface area contributed by atoms with Crippen LogP contribution in [0.2, 0.25) is 0 Å². The van der Waals surface area contributed by atoms with Gasteiger partial charge in [0, 0.05) is 12.3 Å². The summed E-state index contributed by atoms with van der Waals surface area (Å²) in [5.74, 6) is 1.13. The van der Waals surface area contributed by atoms with Gasteiger partial charge in [-0.1, -0.05) is 12.8 Å². The van der Waals surface area contributed by atoms with Crippen LogP contribution in [0.5, 0.6) is 0 Å². The minimum absolute atomic E-state index is 0.325. The fourth-order valence-corrected chi connectivity index (χ4v) is 2.66. The molecule has 3 heteroatoms. The molecular weight excluding hydrogens is 218 g/mol. The molecule has 0 fully saturated rings. The topological polar surface area (TPSA) is 33.1 Å². The van der Waals surface area contributed by atoms with Gasteiger partial charge in [-0.2, -0.15) is 0 Å². The summed E-state index contributed by atoms with van der Waals surface area (Å²) in [6.07, 6.45) is 4.49. The Morgan fingerprint density at radius 2 is 1.88 bits per heavy atom. The van der Waals surface area contributed by atoms with Gasteiger partial charge < -0.3 is 5.11 Å². The maximum Gasteiger partial charge on any atom is 0.0965 e. The van der Waals surface area contributed by atoms with Crippen molar-refractivity contribution in [1.29, 1.82) is 0 Å². The van der Waals surface area contributed by atoms with Crippen LogP contribution in [0.25, 0.3) is 0 Å². The minimum atomic E-state index is 0.325. The molecule has 1 rings (SSSR count). The molecule has 1 aromatic heterocycles. The number of rotatable bonds is 7. The van der Waals surface area contributed by atoms with Crippen LogP contribution < -0.4 is 0 Å². The Morgan fingerprint density at radius 1 is 1.12 bits per heavy atom. The molecule has 0 amide bonds. The molecule has 0 aromatic carbocycles. The number of thioether (sulfide) groups is 1. The molecule has 0 bridgehead atoms. The van der Waals surface area contributed by atoms with Gasteiger partial charge in [-0.25, -0.2) is 4.98 Å². The molecule has 0 aliphatic carbocycles. The standard InChI is InChI=1S/C13H21NOS/c1-11-9-12(2)14-13(10-11)16-8-6-4-3-5-7-15/h9-10,15H,3-8H2,1-2H3. The number of aryl methyl sites for hydroxylation is 2. The Bertz CT molecular complexity index is 295. The van der Waals surface area contributed by atoms with Crippen LogP contribution in [0.3, 0.4) is 0 Å². The van der Waals surface area contributed by atoms with Crippen LogP contribution >= 0.6 is 11.8 Å². The van der Waals surface area contributed by atoms with Gasteiger partial charge in [-0.15, -0.1) is 11.8 Å². The highest BCUT2D eigenvalue weighted by Gasteiger charge is 1.98. The fourth-order valence-electron chi connectivity index (χ4n) is 1.62. The van der Waals surface area contributed by atoms with E-state index in [0.29, 0.717) is 6.61 Å². The Morgan fingerprint density at radius 3 is 2.56 bits per heavy atom. The van der Waals surface area contributed by atoms with Crippen LogP contribution in [0.4, 0.5) is 0 Å². The summed E-state index contributed by atoms with van der Waals surface area (Å²) in [6, 6.07) is 4.25. The highest BCUT2D eigenvalue weighted by molar-refractivity contribution is 7.99. The first-order valence-electron chi connectivity index (χ1n) is 5.91. The summed E-state index contributed by atoms with van der Waals surface area (Å²) in [5.41, 5.74) is 2.39. The zero-order valence-electron chi connectivity index (χ0n) is 10.2. The first-order chi connectivity index (χ1) is 7.72. The molecule has 0 radical (unpaired) electrons. The van der Waals surface area contributed by atoms with Crippen LogP contribution in [0, 0.1) is 13.8 Å². The van der Waals surface area contributed by atoms with Crippen molar-refractivity contribution < 1.29 is 5.11 Å². The maximum atomic E-state index is 8.65. The largest absolute Gasteiger partial charge is 0.396 e. The Balaban J connectivity index is 2.21. The molecule has 0 saturated heterocycles. The molecule has 0 unspecified atom stereocenters. The van der Waals surface area contributed by atoms with E-state index in [-0.39, 0.29) is 0 Å². The third kappa shape index (κ3) is 5.52. The first kappa shape index (κ1) is 13.5. The fraction of sp³-hybridized carbons (Fsp3) is 0.615. The van der Waals surface area contributed by atoms with Crippen molar-refractivity contribution in [3.8, 4) is 0 Å². The van der Waals surface area contributed by atoms with E-state index in [4.69, 9.17) is 5.11 Å². The number of unbranched alkanes of at least 4 members (excludes halogenated alkanes) is 3. The minimum Gasteiger partial charge on any atom is -0.396 e. The summed E-state index contributed by atoms with van der Waals surface area (Å²) in [5, 5.41) is 9.79. The Kier molecular flexibility index (Phi) is 6.50. The average molecular weight is 239 g/mol. The molecule has 90 valence electrons. The monoisotopic (exact) mass is 239 g/mol. The van der Waals surface area contributed by atoms with Crippen molar-refractivity contribution in [2.75, 3.05) is 12.4 Å². The van der Waals surface area contributed by atoms with E-state index < -0.39 is 0 Å². The molecule has 1 aromatic rings. The van der Waals surface area contributed by atoms with Crippen LogP contribution in [-0.4, -0.2) is 22.5 Å². The predicted molar refractivity (Wildman–Crippen MR) is 70.0 cm³/mol. The van der Waals surface area contributed by atoms with Crippen LogP contribution in [0.1, 0.15) is 36.9 Å². The van der Waals surface area contributed by atoms with Crippen LogP contribution in [-0.2, 0) is 0 Å². The lowest BCUT2D eigenvalue weighted by Gasteiger charge is -2.03. The number of aromatic nitrogens is 1. The molecule has 0 atom stereocenters. The van der Waals surface area contributed by atoms with E-state index in [1.165, 1.54) is 18.4 Å². The second-order valence-corrected chi connectivity index (χ2v) is 5.23. The van der Waals surface area contributed by atoms with Gasteiger partial charge >= 0.3 is 0 Å². The molecule has 0 saturated carbocycles. The number of pyridine rings is 1. The molecular formula is C13H21NOS. The molecule has 0 aliphatic rings. The van der Waals surface area contributed by atoms with Gasteiger partial charge in [0.1, 0.15) is 0 Å². The van der Waals surface area contributed by atoms with Gasteiger partial charge in [-0.05, 0) is 50.1 Å². The van der Waals surface area contributed by atoms with E-state index in [1.807, 2.05) is 18.7 Å². The van der Waals surface area contributed by atoms with E-state index in [2.05, 4.69) is 24.0 Å². The predicted octanol–water partition coefficient (Wildman–Crippen LogP) is 3.34. The lowest BCUT2D eigenvalue weighted by atomic mass is 10.2. The zero-order chi connectivity index (χ0) is 11.8. The lowest BCUT2D eigenvalue weighted by Crippen LogP contribution is -1.89. The number of aliphatic hydroxyl groups is 1. The second-order valence-electron chi connectivity index (χ2n) is 4.11. The third-order valence-electron chi connectivity index (χ3n) is 2.38. The Hall–Kier alpha value is -0.540. The molecule has 16 heavy (non-hydrogen) atoms. The maximum absolute atomic E-state index is 8.65. The normalized spacial score (nSPS) is 10.7. The Labute approximate surface area is 102 Å². The number of aliphatic hydroxyl groups excluding tert-OH is 1. The first-order valence-corrected chi connectivity index (χ1v) is 6.90. The molecule has 2 nitrogen and oxygen atoms in total. The van der Waals surface area contributed by atoms with Crippen molar-refractivity contribution in [1.82, 2.24) is 4.98 Å². The summed E-state index contributed by atoms with van der Waals surface area (Å²) in [4.78, 5) is 4.49. The molecule has 0 spiro atoms. The molecule has 1 heterocycles. The van der Waals surface area contributed by atoms with Gasteiger partial charge in [0.25, 0.3) is 0 Å². The quantitative estimate of drug-likeness (QED) is 0.585. The van der Waals surface area contributed by atoms with E-state index in [0.717, 1.165) is 29.3 Å². The highest BCUT2D eigenvalue weighted by atomic mass is 32.2. The zero-order valence-corrected chi connectivity index (χ0v) is 11.0. The summed E-state index contributed by atoms with van der Waals surface area (Å²) >= 11 is 1.83. The van der Waals surface area contributed by atoms with Crippen molar-refractivity contribution in [3.63, 3.8) is 0 Å². The number of hydrogen-bond acceptors (Lipinski definition) is 3. The van der Waals surface area contributed by atoms with Crippen molar-refractivity contribution in [2.45, 2.75) is 44.6 Å². The summed E-state index contributed by atoms with van der Waals surface area (Å²) in [6.45, 7) is 4.48. The van der Waals surface area contributed by atoms with Gasteiger partial charge in [-0.3, -0.25) is 0 Å². The van der Waals surface area contributed by atoms with E-state index >= 15 is 0 Å². The van der Waals surface area contributed by atoms with Crippen molar-refractivity contribution in [2.24, 2.45) is 0 Å². The SMILES string of the molecule is Cc1cc(C)nc(SCCCCCCO)c1. The van der Waals surface area contributed by atoms with Crippen LogP contribution in [0.15, 0.2) is 17.2 Å².